The average molecular weight is 261 g/mol. The van der Waals surface area contributed by atoms with Crippen LogP contribution in [0.4, 0.5) is 0 Å². The Morgan fingerprint density at radius 1 is 1.75 bits per heavy atom. The Morgan fingerprint density at radius 2 is 2.50 bits per heavy atom. The first-order valence-corrected chi connectivity index (χ1v) is 5.90. The molecule has 1 aromatic heterocycles. The largest absolute Gasteiger partial charge is 0.480 e. The lowest BCUT2D eigenvalue weighted by Crippen LogP contribution is -2.37. The molecular formula is C9H9ClN2O3S. The van der Waals surface area contributed by atoms with Gasteiger partial charge in [-0.25, -0.2) is 9.78 Å². The molecule has 0 saturated carbocycles. The summed E-state index contributed by atoms with van der Waals surface area (Å²) >= 11 is 6.98. The Kier molecular flexibility index (Phi) is 3.11. The summed E-state index contributed by atoms with van der Waals surface area (Å²) in [4.78, 5) is 27.8. The molecule has 0 aliphatic carbocycles. The fraction of sp³-hybridized carbons (Fsp3) is 0.444. The summed E-state index contributed by atoms with van der Waals surface area (Å²) in [6.07, 6.45) is 2.15. The number of likely N-dealkylation sites (tertiary alicyclic amines) is 1. The predicted molar refractivity (Wildman–Crippen MR) is 58.3 cm³/mol. The van der Waals surface area contributed by atoms with Crippen molar-refractivity contribution in [1.29, 1.82) is 0 Å². The Balaban J connectivity index is 2.12. The van der Waals surface area contributed by atoms with Gasteiger partial charge in [-0.15, -0.1) is 11.3 Å². The van der Waals surface area contributed by atoms with Crippen LogP contribution in [0.3, 0.4) is 0 Å². The number of carbonyl (C=O) groups is 2. The van der Waals surface area contributed by atoms with Crippen molar-refractivity contribution in [1.82, 2.24) is 9.88 Å². The van der Waals surface area contributed by atoms with Crippen LogP contribution in [-0.4, -0.2) is 32.9 Å². The monoisotopic (exact) mass is 260 g/mol. The van der Waals surface area contributed by atoms with E-state index in [4.69, 9.17) is 16.7 Å². The van der Waals surface area contributed by atoms with E-state index in [-0.39, 0.29) is 18.9 Å². The number of aliphatic carboxylic acids is 1. The van der Waals surface area contributed by atoms with E-state index in [2.05, 4.69) is 4.98 Å². The Labute approximate surface area is 101 Å². The van der Waals surface area contributed by atoms with Crippen molar-refractivity contribution in [3.05, 3.63) is 15.5 Å². The van der Waals surface area contributed by atoms with E-state index in [1.54, 1.807) is 0 Å². The molecule has 1 atom stereocenters. The van der Waals surface area contributed by atoms with Gasteiger partial charge in [0.25, 0.3) is 0 Å². The van der Waals surface area contributed by atoms with E-state index in [9.17, 15) is 9.59 Å². The highest BCUT2D eigenvalue weighted by atomic mass is 35.5. The van der Waals surface area contributed by atoms with Crippen molar-refractivity contribution < 1.29 is 14.7 Å². The molecule has 0 aromatic carbocycles. The second-order valence-electron chi connectivity index (χ2n) is 3.47. The molecule has 1 saturated heterocycles. The van der Waals surface area contributed by atoms with Crippen LogP contribution in [0.5, 0.6) is 0 Å². The van der Waals surface area contributed by atoms with Crippen molar-refractivity contribution in [2.75, 3.05) is 0 Å². The molecule has 1 N–H and O–H groups in total. The highest BCUT2D eigenvalue weighted by Gasteiger charge is 2.36. The number of rotatable bonds is 3. The minimum Gasteiger partial charge on any atom is -0.480 e. The number of carboxylic acid groups (broad SMARTS) is 1. The van der Waals surface area contributed by atoms with Crippen LogP contribution in [0.15, 0.2) is 6.20 Å². The maximum absolute atomic E-state index is 11.5. The molecule has 0 radical (unpaired) electrons. The van der Waals surface area contributed by atoms with E-state index in [1.807, 2.05) is 0 Å². The number of aromatic nitrogens is 1. The number of hydrogen-bond acceptors (Lipinski definition) is 4. The molecule has 2 heterocycles. The van der Waals surface area contributed by atoms with Gasteiger partial charge < -0.3 is 10.0 Å². The lowest BCUT2D eigenvalue weighted by molar-refractivity contribution is -0.146. The van der Waals surface area contributed by atoms with E-state index >= 15 is 0 Å². The maximum atomic E-state index is 11.5. The lowest BCUT2D eigenvalue weighted by Gasteiger charge is -2.19. The molecule has 1 amide bonds. The molecule has 1 aliphatic heterocycles. The Bertz CT molecular complexity index is 434. The molecule has 1 unspecified atom stereocenters. The summed E-state index contributed by atoms with van der Waals surface area (Å²) in [6, 6.07) is -0.727. The third-order valence-corrected chi connectivity index (χ3v) is 3.54. The topological polar surface area (TPSA) is 70.5 Å². The summed E-state index contributed by atoms with van der Waals surface area (Å²) in [5, 5.41) is 9.61. The lowest BCUT2D eigenvalue weighted by atomic mass is 10.2. The molecule has 7 heteroatoms. The molecule has 1 fully saturated rings. The van der Waals surface area contributed by atoms with Gasteiger partial charge in [0.05, 0.1) is 12.7 Å². The predicted octanol–water partition coefficient (Wildman–Crippen LogP) is 1.37. The van der Waals surface area contributed by atoms with Crippen LogP contribution in [0, 0.1) is 0 Å². The zero-order chi connectivity index (χ0) is 11.7. The number of amides is 1. The smallest absolute Gasteiger partial charge is 0.326 e. The van der Waals surface area contributed by atoms with Crippen LogP contribution < -0.4 is 0 Å². The number of hydrogen-bond donors (Lipinski definition) is 1. The van der Waals surface area contributed by atoms with Gasteiger partial charge in [-0.3, -0.25) is 4.79 Å². The Morgan fingerprint density at radius 3 is 3.06 bits per heavy atom. The fourth-order valence-electron chi connectivity index (χ4n) is 1.70. The van der Waals surface area contributed by atoms with Gasteiger partial charge in [0.15, 0.2) is 0 Å². The van der Waals surface area contributed by atoms with Gasteiger partial charge in [-0.2, -0.15) is 0 Å². The summed E-state index contributed by atoms with van der Waals surface area (Å²) in [5.74, 6) is -1.10. The number of thiazole rings is 1. The molecular weight excluding hydrogens is 252 g/mol. The molecule has 2 rings (SSSR count). The van der Waals surface area contributed by atoms with E-state index < -0.39 is 12.0 Å². The first-order chi connectivity index (χ1) is 7.58. The molecule has 1 aromatic rings. The normalized spacial score (nSPS) is 20.4. The van der Waals surface area contributed by atoms with Gasteiger partial charge in [-0.05, 0) is 6.42 Å². The molecule has 16 heavy (non-hydrogen) atoms. The first-order valence-electron chi connectivity index (χ1n) is 4.70. The van der Waals surface area contributed by atoms with Gasteiger partial charge in [0.2, 0.25) is 5.91 Å². The van der Waals surface area contributed by atoms with Gasteiger partial charge in [-0.1, -0.05) is 11.6 Å². The number of nitrogens with zero attached hydrogens (tertiary/aromatic N) is 2. The van der Waals surface area contributed by atoms with Crippen LogP contribution in [-0.2, 0) is 16.1 Å². The van der Waals surface area contributed by atoms with Crippen molar-refractivity contribution in [2.24, 2.45) is 0 Å². The molecule has 0 spiro atoms. The van der Waals surface area contributed by atoms with Gasteiger partial charge in [0, 0.05) is 6.42 Å². The standard InChI is InChI=1S/C9H9ClN2O3S/c10-6-3-11-7(16-6)4-12-5(9(14)15)1-2-8(12)13/h3,5H,1-2,4H2,(H,14,15). The van der Waals surface area contributed by atoms with Crippen LogP contribution in [0.1, 0.15) is 17.8 Å². The molecule has 86 valence electrons. The summed E-state index contributed by atoms with van der Waals surface area (Å²) in [5.41, 5.74) is 0. The zero-order valence-corrected chi connectivity index (χ0v) is 9.79. The number of carbonyl (C=O) groups excluding carboxylic acids is 1. The van der Waals surface area contributed by atoms with Crippen molar-refractivity contribution in [3.8, 4) is 0 Å². The third-order valence-electron chi connectivity index (χ3n) is 2.44. The van der Waals surface area contributed by atoms with Crippen LogP contribution >= 0.6 is 22.9 Å². The first kappa shape index (κ1) is 11.3. The van der Waals surface area contributed by atoms with Crippen LogP contribution in [0.2, 0.25) is 4.34 Å². The minimum absolute atomic E-state index is 0.140. The SMILES string of the molecule is O=C(O)C1CCC(=O)N1Cc1ncc(Cl)s1. The average Bonchev–Trinajstić information content (AvgIpc) is 2.76. The highest BCUT2D eigenvalue weighted by molar-refractivity contribution is 7.15. The summed E-state index contributed by atoms with van der Waals surface area (Å²) in [7, 11) is 0. The van der Waals surface area contributed by atoms with E-state index in [0.29, 0.717) is 15.8 Å². The van der Waals surface area contributed by atoms with Crippen LogP contribution in [0.25, 0.3) is 0 Å². The molecule has 0 bridgehead atoms. The van der Waals surface area contributed by atoms with Gasteiger partial charge in [0.1, 0.15) is 15.4 Å². The second-order valence-corrected chi connectivity index (χ2v) is 5.22. The molecule has 1 aliphatic rings. The summed E-state index contributed by atoms with van der Waals surface area (Å²) < 4.78 is 0.536. The van der Waals surface area contributed by atoms with Crippen molar-refractivity contribution in [3.63, 3.8) is 0 Å². The van der Waals surface area contributed by atoms with E-state index in [0.717, 1.165) is 0 Å². The second kappa shape index (κ2) is 4.39. The summed E-state index contributed by atoms with van der Waals surface area (Å²) in [6.45, 7) is 0.229. The number of halogens is 1. The highest BCUT2D eigenvalue weighted by Crippen LogP contribution is 2.25. The minimum atomic E-state index is -0.964. The van der Waals surface area contributed by atoms with Crippen molar-refractivity contribution >= 4 is 34.8 Å². The molecule has 5 nitrogen and oxygen atoms in total. The maximum Gasteiger partial charge on any atom is 0.326 e. The quantitative estimate of drug-likeness (QED) is 0.891. The van der Waals surface area contributed by atoms with Crippen molar-refractivity contribution in [2.45, 2.75) is 25.4 Å². The number of carboxylic acids is 1. The Hall–Kier alpha value is -1.14. The fourth-order valence-corrected chi connectivity index (χ4v) is 2.65. The third kappa shape index (κ3) is 2.17. The van der Waals surface area contributed by atoms with Gasteiger partial charge >= 0.3 is 5.97 Å². The van der Waals surface area contributed by atoms with E-state index in [1.165, 1.54) is 22.4 Å². The zero-order valence-electron chi connectivity index (χ0n) is 8.22.